The fourth-order valence-corrected chi connectivity index (χ4v) is 2.11. The lowest BCUT2D eigenvalue weighted by atomic mass is 9.91. The Morgan fingerprint density at radius 1 is 1.19 bits per heavy atom. The van der Waals surface area contributed by atoms with Crippen molar-refractivity contribution in [2.75, 3.05) is 0 Å². The Morgan fingerprint density at radius 3 is 2.14 bits per heavy atom. The molecule has 1 aromatic carbocycles. The number of carbonyl (C=O) groups excluding carboxylic acids is 1. The number of ketones is 1. The highest BCUT2D eigenvalue weighted by molar-refractivity contribution is 5.85. The van der Waals surface area contributed by atoms with E-state index in [0.29, 0.717) is 18.4 Å². The van der Waals surface area contributed by atoms with Crippen molar-refractivity contribution in [2.45, 2.75) is 45.6 Å². The Morgan fingerprint density at radius 2 is 1.71 bits per heavy atom. The highest BCUT2D eigenvalue weighted by atomic mass is 19.4. The van der Waals surface area contributed by atoms with E-state index in [1.54, 1.807) is 0 Å². The average Bonchev–Trinajstić information content (AvgIpc) is 2.40. The summed E-state index contributed by atoms with van der Waals surface area (Å²) in [7, 11) is 0. The molecule has 1 unspecified atom stereocenters. The van der Waals surface area contributed by atoms with Crippen molar-refractivity contribution in [1.82, 2.24) is 0 Å². The minimum Gasteiger partial charge on any atom is -0.406 e. The van der Waals surface area contributed by atoms with E-state index in [2.05, 4.69) is 4.74 Å². The Balaban J connectivity index is 2.65. The molecule has 0 saturated heterocycles. The van der Waals surface area contributed by atoms with Crippen LogP contribution >= 0.6 is 0 Å². The first-order valence-corrected chi connectivity index (χ1v) is 6.82. The summed E-state index contributed by atoms with van der Waals surface area (Å²) in [4.78, 5) is 11.9. The molecule has 0 heterocycles. The van der Waals surface area contributed by atoms with Crippen LogP contribution in [0.2, 0.25) is 0 Å². The summed E-state index contributed by atoms with van der Waals surface area (Å²) in [5.41, 5.74) is 0.541. The summed E-state index contributed by atoms with van der Waals surface area (Å²) in [6.45, 7) is 3.79. The molecule has 21 heavy (non-hydrogen) atoms. The number of aliphatic hydroxyl groups is 1. The molecule has 0 fully saturated rings. The highest BCUT2D eigenvalue weighted by Crippen LogP contribution is 2.23. The first kappa shape index (κ1) is 17.5. The van der Waals surface area contributed by atoms with Gasteiger partial charge in [0, 0.05) is 6.42 Å². The topological polar surface area (TPSA) is 46.5 Å². The maximum Gasteiger partial charge on any atom is 0.573 e. The summed E-state index contributed by atoms with van der Waals surface area (Å²) in [6, 6.07) is 5.08. The number of benzene rings is 1. The molecule has 0 aliphatic rings. The zero-order chi connectivity index (χ0) is 16.0. The van der Waals surface area contributed by atoms with Crippen LogP contribution in [0.3, 0.4) is 0 Å². The highest BCUT2D eigenvalue weighted by Gasteiger charge is 2.31. The van der Waals surface area contributed by atoms with Crippen LogP contribution in [0.1, 0.15) is 32.3 Å². The van der Waals surface area contributed by atoms with Crippen LogP contribution in [0.15, 0.2) is 24.3 Å². The van der Waals surface area contributed by atoms with Crippen LogP contribution < -0.4 is 4.74 Å². The molecular formula is C15H19F3O3. The zero-order valence-corrected chi connectivity index (χ0v) is 12.0. The Labute approximate surface area is 121 Å². The van der Waals surface area contributed by atoms with Gasteiger partial charge in [-0.05, 0) is 23.6 Å². The van der Waals surface area contributed by atoms with Crippen LogP contribution in [-0.2, 0) is 11.2 Å². The van der Waals surface area contributed by atoms with Gasteiger partial charge < -0.3 is 9.84 Å². The maximum atomic E-state index is 12.0. The van der Waals surface area contributed by atoms with E-state index >= 15 is 0 Å². The molecule has 0 radical (unpaired) electrons. The van der Waals surface area contributed by atoms with Crippen LogP contribution in [0.4, 0.5) is 13.2 Å². The smallest absolute Gasteiger partial charge is 0.406 e. The number of ether oxygens (including phenoxy) is 1. The molecular weight excluding hydrogens is 285 g/mol. The molecule has 0 saturated carbocycles. The lowest BCUT2D eigenvalue weighted by Gasteiger charge is -2.18. The van der Waals surface area contributed by atoms with Gasteiger partial charge in [0.05, 0.1) is 0 Å². The van der Waals surface area contributed by atoms with Gasteiger partial charge in [-0.15, -0.1) is 13.2 Å². The van der Waals surface area contributed by atoms with Crippen LogP contribution in [0.5, 0.6) is 5.75 Å². The van der Waals surface area contributed by atoms with Crippen molar-refractivity contribution in [3.63, 3.8) is 0 Å². The molecule has 3 nitrogen and oxygen atoms in total. The van der Waals surface area contributed by atoms with Crippen molar-refractivity contribution in [3.8, 4) is 5.75 Å². The largest absolute Gasteiger partial charge is 0.573 e. The zero-order valence-electron chi connectivity index (χ0n) is 12.0. The maximum absolute atomic E-state index is 12.0. The number of Topliss-reactive ketones (excluding diaryl/α,β-unsaturated/α-hetero) is 1. The van der Waals surface area contributed by atoms with E-state index in [1.807, 2.05) is 13.8 Å². The van der Waals surface area contributed by atoms with E-state index < -0.39 is 12.5 Å². The van der Waals surface area contributed by atoms with Gasteiger partial charge in [0.1, 0.15) is 11.9 Å². The number of aliphatic hydroxyl groups excluding tert-OH is 1. The van der Waals surface area contributed by atoms with E-state index in [1.165, 1.54) is 12.1 Å². The van der Waals surface area contributed by atoms with Gasteiger partial charge in [-0.25, -0.2) is 0 Å². The number of halogens is 3. The second-order valence-corrected chi connectivity index (χ2v) is 4.86. The van der Waals surface area contributed by atoms with Crippen LogP contribution in [-0.4, -0.2) is 23.4 Å². The van der Waals surface area contributed by atoms with Crippen molar-refractivity contribution < 1.29 is 27.8 Å². The molecule has 1 aromatic rings. The normalized spacial score (nSPS) is 13.3. The fourth-order valence-electron chi connectivity index (χ4n) is 2.11. The van der Waals surface area contributed by atoms with Gasteiger partial charge in [0.2, 0.25) is 0 Å². The standard InChI is InChI=1S/C15H19F3O3/c1-3-11(4-2)14(20)13(19)9-10-5-7-12(8-6-10)21-15(16,17)18/h5-8,11,14,20H,3-4,9H2,1-2H3. The monoisotopic (exact) mass is 304 g/mol. The van der Waals surface area contributed by atoms with E-state index in [4.69, 9.17) is 0 Å². The van der Waals surface area contributed by atoms with Gasteiger partial charge in [-0.2, -0.15) is 0 Å². The molecule has 0 aliphatic heterocycles. The second-order valence-electron chi connectivity index (χ2n) is 4.86. The predicted molar refractivity (Wildman–Crippen MR) is 71.9 cm³/mol. The molecule has 0 aromatic heterocycles. The lowest BCUT2D eigenvalue weighted by molar-refractivity contribution is -0.274. The summed E-state index contributed by atoms with van der Waals surface area (Å²) >= 11 is 0. The molecule has 0 spiro atoms. The van der Waals surface area contributed by atoms with Gasteiger partial charge in [0.25, 0.3) is 0 Å². The van der Waals surface area contributed by atoms with Crippen molar-refractivity contribution in [3.05, 3.63) is 29.8 Å². The third-order valence-corrected chi connectivity index (χ3v) is 3.36. The van der Waals surface area contributed by atoms with E-state index in [9.17, 15) is 23.1 Å². The molecule has 6 heteroatoms. The van der Waals surface area contributed by atoms with Crippen molar-refractivity contribution in [1.29, 1.82) is 0 Å². The molecule has 0 aliphatic carbocycles. The fraction of sp³-hybridized carbons (Fsp3) is 0.533. The molecule has 1 rings (SSSR count). The number of hydrogen-bond donors (Lipinski definition) is 1. The first-order chi connectivity index (χ1) is 9.76. The van der Waals surface area contributed by atoms with Gasteiger partial charge in [-0.1, -0.05) is 38.8 Å². The van der Waals surface area contributed by atoms with Gasteiger partial charge in [0.15, 0.2) is 5.78 Å². The lowest BCUT2D eigenvalue weighted by Crippen LogP contribution is -2.30. The van der Waals surface area contributed by atoms with E-state index in [-0.39, 0.29) is 23.9 Å². The van der Waals surface area contributed by atoms with Crippen LogP contribution in [0, 0.1) is 5.92 Å². The predicted octanol–water partition coefficient (Wildman–Crippen LogP) is 3.49. The van der Waals surface area contributed by atoms with Crippen molar-refractivity contribution in [2.24, 2.45) is 5.92 Å². The third kappa shape index (κ3) is 5.75. The minimum atomic E-state index is -4.73. The van der Waals surface area contributed by atoms with Gasteiger partial charge >= 0.3 is 6.36 Å². The quantitative estimate of drug-likeness (QED) is 0.838. The summed E-state index contributed by atoms with van der Waals surface area (Å²) < 4.78 is 39.8. The molecule has 1 N–H and O–H groups in total. The Bertz CT molecular complexity index is 450. The number of carbonyl (C=O) groups is 1. The molecule has 118 valence electrons. The average molecular weight is 304 g/mol. The third-order valence-electron chi connectivity index (χ3n) is 3.36. The number of alkyl halides is 3. The second kappa shape index (κ2) is 7.45. The van der Waals surface area contributed by atoms with Crippen LogP contribution in [0.25, 0.3) is 0 Å². The molecule has 1 atom stereocenters. The first-order valence-electron chi connectivity index (χ1n) is 6.82. The molecule has 0 amide bonds. The Kier molecular flexibility index (Phi) is 6.20. The SMILES string of the molecule is CCC(CC)C(O)C(=O)Cc1ccc(OC(F)(F)F)cc1. The number of hydrogen-bond acceptors (Lipinski definition) is 3. The summed E-state index contributed by atoms with van der Waals surface area (Å²) in [6.07, 6.45) is -4.39. The summed E-state index contributed by atoms with van der Waals surface area (Å²) in [5.74, 6) is -0.752. The van der Waals surface area contributed by atoms with E-state index in [0.717, 1.165) is 12.1 Å². The Hall–Kier alpha value is -1.56. The van der Waals surface area contributed by atoms with Gasteiger partial charge in [-0.3, -0.25) is 4.79 Å². The number of rotatable bonds is 7. The van der Waals surface area contributed by atoms with Crippen molar-refractivity contribution >= 4 is 5.78 Å². The minimum absolute atomic E-state index is 0.00996. The molecule has 0 bridgehead atoms. The summed E-state index contributed by atoms with van der Waals surface area (Å²) in [5, 5.41) is 9.92.